The van der Waals surface area contributed by atoms with E-state index in [1.165, 1.54) is 51.4 Å². The molecular weight excluding hydrogens is 458 g/mol. The average Bonchev–Trinajstić information content (AvgIpc) is 2.77. The van der Waals surface area contributed by atoms with Crippen LogP contribution in [0.1, 0.15) is 113 Å². The highest BCUT2D eigenvalue weighted by molar-refractivity contribution is 5.74. The predicted molar refractivity (Wildman–Crippen MR) is 122 cm³/mol. The first-order valence-electron chi connectivity index (χ1n) is 12.4. The lowest BCUT2D eigenvalue weighted by atomic mass is 9.91. The second-order valence-electron chi connectivity index (χ2n) is 8.86. The first-order chi connectivity index (χ1) is 16.1. The molecule has 196 valence electrons. The summed E-state index contributed by atoms with van der Waals surface area (Å²) in [5.41, 5.74) is -5.52. The van der Waals surface area contributed by atoms with Crippen LogP contribution in [0.15, 0.2) is 24.3 Å². The summed E-state index contributed by atoms with van der Waals surface area (Å²) in [5, 5.41) is 0. The Morgan fingerprint density at radius 2 is 1.03 bits per heavy atom. The summed E-state index contributed by atoms with van der Waals surface area (Å²) in [4.78, 5) is 10.7. The zero-order valence-corrected chi connectivity index (χ0v) is 20.1. The van der Waals surface area contributed by atoms with Crippen LogP contribution in [0.2, 0.25) is 0 Å². The number of alkyl halides is 6. The van der Waals surface area contributed by atoms with Gasteiger partial charge in [0.15, 0.2) is 0 Å². The molecule has 0 radical (unpaired) electrons. The summed E-state index contributed by atoms with van der Waals surface area (Å²) in [6.45, 7) is 1.54. The summed E-state index contributed by atoms with van der Waals surface area (Å²) >= 11 is 0. The summed E-state index contributed by atoms with van der Waals surface area (Å²) in [6.07, 6.45) is 3.39. The summed E-state index contributed by atoms with van der Waals surface area (Å²) in [5.74, 6) is 0. The number of unbranched alkanes of at least 4 members (excludes halogenated alkanes) is 13. The third kappa shape index (κ3) is 9.59. The molecule has 0 atom stereocenters. The Morgan fingerprint density at radius 3 is 1.38 bits per heavy atom. The number of halogens is 6. The zero-order valence-electron chi connectivity index (χ0n) is 20.1. The van der Waals surface area contributed by atoms with Gasteiger partial charge in [-0.05, 0) is 6.42 Å². The van der Waals surface area contributed by atoms with Gasteiger partial charge in [0, 0.05) is 17.7 Å². The highest BCUT2D eigenvalue weighted by Crippen LogP contribution is 2.53. The van der Waals surface area contributed by atoms with E-state index in [-0.39, 0.29) is 12.0 Å². The van der Waals surface area contributed by atoms with Crippen molar-refractivity contribution in [2.75, 3.05) is 6.61 Å². The Labute approximate surface area is 199 Å². The van der Waals surface area contributed by atoms with Crippen molar-refractivity contribution in [3.63, 3.8) is 0 Å². The van der Waals surface area contributed by atoms with Gasteiger partial charge in [-0.1, -0.05) is 115 Å². The van der Waals surface area contributed by atoms with Crippen molar-refractivity contribution in [3.8, 4) is 0 Å². The standard InChI is InChI=1S/C26H38F6O2/c1-2-3-4-5-6-7-8-9-10-11-12-13-14-15-20-34-24(25(27,28)29,26(30,31)32)23-18-16-22(21-33)17-19-23/h16-19,21H,2-15,20H2,1H3. The molecule has 0 heterocycles. The van der Waals surface area contributed by atoms with Gasteiger partial charge < -0.3 is 4.74 Å². The summed E-state index contributed by atoms with van der Waals surface area (Å²) in [6, 6.07) is 3.14. The molecule has 0 saturated carbocycles. The zero-order chi connectivity index (χ0) is 25.5. The van der Waals surface area contributed by atoms with Gasteiger partial charge >= 0.3 is 12.4 Å². The molecule has 1 aromatic carbocycles. The molecule has 0 aliphatic heterocycles. The Hall–Kier alpha value is -1.57. The van der Waals surface area contributed by atoms with Crippen LogP contribution >= 0.6 is 0 Å². The molecule has 0 saturated heterocycles. The average molecular weight is 497 g/mol. The van der Waals surface area contributed by atoms with Crippen LogP contribution in [-0.2, 0) is 10.3 Å². The molecule has 8 heteroatoms. The van der Waals surface area contributed by atoms with Gasteiger partial charge in [0.05, 0.1) is 0 Å². The van der Waals surface area contributed by atoms with Crippen LogP contribution < -0.4 is 0 Å². The molecular formula is C26H38F6O2. The van der Waals surface area contributed by atoms with Crippen molar-refractivity contribution >= 4 is 6.29 Å². The molecule has 0 fully saturated rings. The minimum absolute atomic E-state index is 0.0195. The molecule has 0 amide bonds. The van der Waals surface area contributed by atoms with Crippen molar-refractivity contribution in [2.24, 2.45) is 0 Å². The number of benzene rings is 1. The van der Waals surface area contributed by atoms with E-state index < -0.39 is 30.1 Å². The molecule has 2 nitrogen and oxygen atoms in total. The van der Waals surface area contributed by atoms with Crippen LogP contribution in [-0.4, -0.2) is 25.2 Å². The number of rotatable bonds is 18. The van der Waals surface area contributed by atoms with Crippen LogP contribution in [0.4, 0.5) is 26.3 Å². The Morgan fingerprint density at radius 1 is 0.647 bits per heavy atom. The third-order valence-electron chi connectivity index (χ3n) is 6.07. The highest BCUT2D eigenvalue weighted by atomic mass is 19.4. The third-order valence-corrected chi connectivity index (χ3v) is 6.07. The van der Waals surface area contributed by atoms with Crippen molar-refractivity contribution in [2.45, 2.75) is 115 Å². The lowest BCUT2D eigenvalue weighted by Gasteiger charge is -2.37. The van der Waals surface area contributed by atoms with Gasteiger partial charge in [-0.15, -0.1) is 0 Å². The Bertz CT molecular complexity index is 653. The fraction of sp³-hybridized carbons (Fsp3) is 0.731. The SMILES string of the molecule is CCCCCCCCCCCCCCCCOC(c1ccc(C=O)cc1)(C(F)(F)F)C(F)(F)F. The molecule has 1 aromatic rings. The minimum Gasteiger partial charge on any atom is -0.354 e. The second kappa shape index (κ2) is 15.4. The monoisotopic (exact) mass is 496 g/mol. The van der Waals surface area contributed by atoms with E-state index in [0.717, 1.165) is 37.8 Å². The molecule has 0 aromatic heterocycles. The number of ether oxygens (including phenoxy) is 1. The molecule has 0 bridgehead atoms. The first-order valence-corrected chi connectivity index (χ1v) is 12.4. The molecule has 0 aliphatic carbocycles. The number of carbonyl (C=O) groups excluding carboxylic acids is 1. The lowest BCUT2D eigenvalue weighted by molar-refractivity contribution is -0.389. The minimum atomic E-state index is -5.70. The number of aldehydes is 1. The van der Waals surface area contributed by atoms with Gasteiger partial charge in [0.25, 0.3) is 5.60 Å². The fourth-order valence-electron chi connectivity index (χ4n) is 4.05. The van der Waals surface area contributed by atoms with Gasteiger partial charge in [-0.3, -0.25) is 4.79 Å². The summed E-state index contributed by atoms with van der Waals surface area (Å²) in [7, 11) is 0. The number of hydrogen-bond donors (Lipinski definition) is 0. The Kier molecular flexibility index (Phi) is 13.8. The molecule has 34 heavy (non-hydrogen) atoms. The van der Waals surface area contributed by atoms with Gasteiger partial charge in [-0.25, -0.2) is 0 Å². The van der Waals surface area contributed by atoms with E-state index in [1.807, 2.05) is 0 Å². The number of hydrogen-bond acceptors (Lipinski definition) is 2. The van der Waals surface area contributed by atoms with E-state index in [4.69, 9.17) is 0 Å². The van der Waals surface area contributed by atoms with Gasteiger partial charge in [-0.2, -0.15) is 26.3 Å². The maximum absolute atomic E-state index is 13.7. The summed E-state index contributed by atoms with van der Waals surface area (Å²) < 4.78 is 86.8. The first kappa shape index (κ1) is 30.5. The maximum atomic E-state index is 13.7. The van der Waals surface area contributed by atoms with E-state index in [2.05, 4.69) is 11.7 Å². The van der Waals surface area contributed by atoms with E-state index in [9.17, 15) is 31.1 Å². The fourth-order valence-corrected chi connectivity index (χ4v) is 4.05. The quantitative estimate of drug-likeness (QED) is 0.115. The second-order valence-corrected chi connectivity index (χ2v) is 8.86. The smallest absolute Gasteiger partial charge is 0.354 e. The van der Waals surface area contributed by atoms with Crippen LogP contribution in [0, 0.1) is 0 Å². The molecule has 0 N–H and O–H groups in total. The number of carbonyl (C=O) groups is 1. The van der Waals surface area contributed by atoms with E-state index >= 15 is 0 Å². The van der Waals surface area contributed by atoms with Crippen LogP contribution in [0.5, 0.6) is 0 Å². The van der Waals surface area contributed by atoms with Crippen molar-refractivity contribution in [1.82, 2.24) is 0 Å². The van der Waals surface area contributed by atoms with Crippen molar-refractivity contribution < 1.29 is 35.9 Å². The predicted octanol–water partition coefficient (Wildman–Crippen LogP) is 9.32. The lowest BCUT2D eigenvalue weighted by Crippen LogP contribution is -2.56. The topological polar surface area (TPSA) is 26.3 Å². The van der Waals surface area contributed by atoms with Gasteiger partial charge in [0.2, 0.25) is 0 Å². The van der Waals surface area contributed by atoms with Crippen LogP contribution in [0.25, 0.3) is 0 Å². The molecule has 1 rings (SSSR count). The van der Waals surface area contributed by atoms with E-state index in [1.54, 1.807) is 0 Å². The normalized spacial score (nSPS) is 12.8. The van der Waals surface area contributed by atoms with Gasteiger partial charge in [0.1, 0.15) is 6.29 Å². The largest absolute Gasteiger partial charge is 0.430 e. The van der Waals surface area contributed by atoms with Crippen LogP contribution in [0.3, 0.4) is 0 Å². The van der Waals surface area contributed by atoms with E-state index in [0.29, 0.717) is 24.8 Å². The molecule has 0 unspecified atom stereocenters. The van der Waals surface area contributed by atoms with Crippen molar-refractivity contribution in [1.29, 1.82) is 0 Å². The van der Waals surface area contributed by atoms with Crippen molar-refractivity contribution in [3.05, 3.63) is 35.4 Å². The highest BCUT2D eigenvalue weighted by Gasteiger charge is 2.73. The molecule has 0 spiro atoms. The maximum Gasteiger partial charge on any atom is 0.430 e. The molecule has 0 aliphatic rings. The Balaban J connectivity index is 2.41.